The van der Waals surface area contributed by atoms with E-state index in [0.29, 0.717) is 12.6 Å². The van der Waals surface area contributed by atoms with Gasteiger partial charge in [-0.25, -0.2) is 0 Å². The number of hydrogen-bond acceptors (Lipinski definition) is 3. The molecule has 20 heavy (non-hydrogen) atoms. The molecule has 2 rings (SSSR count). The quantitative estimate of drug-likeness (QED) is 0.864. The summed E-state index contributed by atoms with van der Waals surface area (Å²) in [6.45, 7) is 8.21. The Hall–Kier alpha value is -0.900. The van der Waals surface area contributed by atoms with E-state index in [1.54, 1.807) is 0 Å². The minimum absolute atomic E-state index is 0.650. The molecule has 3 nitrogen and oxygen atoms in total. The van der Waals surface area contributed by atoms with Gasteiger partial charge in [0.2, 0.25) is 0 Å². The van der Waals surface area contributed by atoms with Crippen molar-refractivity contribution in [1.29, 1.82) is 0 Å². The summed E-state index contributed by atoms with van der Waals surface area (Å²) in [6, 6.07) is 10.6. The zero-order valence-corrected chi connectivity index (χ0v) is 13.0. The van der Waals surface area contributed by atoms with Crippen LogP contribution in [0.25, 0.3) is 0 Å². The molecular formula is C17H28N2O. The Labute approximate surface area is 123 Å². The van der Waals surface area contributed by atoms with Crippen molar-refractivity contribution < 1.29 is 5.11 Å². The van der Waals surface area contributed by atoms with E-state index in [1.165, 1.54) is 19.4 Å². The van der Waals surface area contributed by atoms with E-state index in [1.807, 2.05) is 37.3 Å². The minimum atomic E-state index is -0.786. The number of likely N-dealkylation sites (tertiary alicyclic amines) is 1. The average molecular weight is 276 g/mol. The molecule has 1 N–H and O–H groups in total. The maximum absolute atomic E-state index is 10.7. The molecule has 0 saturated carbocycles. The molecule has 3 heteroatoms. The van der Waals surface area contributed by atoms with Crippen LogP contribution in [0.15, 0.2) is 30.3 Å². The lowest BCUT2D eigenvalue weighted by molar-refractivity contribution is 0.0178. The second-order valence-corrected chi connectivity index (χ2v) is 6.26. The van der Waals surface area contributed by atoms with Crippen molar-refractivity contribution in [1.82, 2.24) is 9.80 Å². The van der Waals surface area contributed by atoms with Gasteiger partial charge in [0.15, 0.2) is 0 Å². The van der Waals surface area contributed by atoms with Gasteiger partial charge in [-0.15, -0.1) is 0 Å². The van der Waals surface area contributed by atoms with Crippen LogP contribution >= 0.6 is 0 Å². The number of aliphatic hydroxyl groups is 1. The van der Waals surface area contributed by atoms with E-state index in [0.717, 1.165) is 18.7 Å². The lowest BCUT2D eigenvalue weighted by Crippen LogP contribution is -2.43. The smallest absolute Gasteiger partial charge is 0.0994 e. The SMILES string of the molecule is CCN1CCCC1CN(C)CC(C)(O)c1ccccc1. The standard InChI is InChI=1S/C17H28N2O/c1-4-19-12-8-11-16(19)13-18(3)14-17(2,20)15-9-6-5-7-10-15/h5-7,9-10,16,20H,4,8,11-14H2,1-3H3. The van der Waals surface area contributed by atoms with Crippen LogP contribution in [0, 0.1) is 0 Å². The van der Waals surface area contributed by atoms with E-state index in [4.69, 9.17) is 0 Å². The third-order valence-electron chi connectivity index (χ3n) is 4.40. The molecule has 0 aromatic heterocycles. The molecule has 112 valence electrons. The molecule has 0 spiro atoms. The first-order valence-electron chi connectivity index (χ1n) is 7.73. The molecule has 1 aliphatic heterocycles. The van der Waals surface area contributed by atoms with Crippen LogP contribution in [-0.4, -0.2) is 54.2 Å². The summed E-state index contributed by atoms with van der Waals surface area (Å²) < 4.78 is 0. The van der Waals surface area contributed by atoms with Crippen molar-refractivity contribution in [3.63, 3.8) is 0 Å². The highest BCUT2D eigenvalue weighted by Crippen LogP contribution is 2.23. The highest BCUT2D eigenvalue weighted by atomic mass is 16.3. The predicted molar refractivity (Wildman–Crippen MR) is 83.8 cm³/mol. The summed E-state index contributed by atoms with van der Waals surface area (Å²) in [4.78, 5) is 4.82. The van der Waals surface area contributed by atoms with Crippen molar-refractivity contribution in [3.8, 4) is 0 Å². The average Bonchev–Trinajstić information content (AvgIpc) is 2.86. The normalized spacial score (nSPS) is 23.1. The van der Waals surface area contributed by atoms with Gasteiger partial charge < -0.3 is 10.0 Å². The van der Waals surface area contributed by atoms with E-state index in [2.05, 4.69) is 23.8 Å². The molecule has 1 aromatic carbocycles. The van der Waals surface area contributed by atoms with Gasteiger partial charge in [0, 0.05) is 19.1 Å². The summed E-state index contributed by atoms with van der Waals surface area (Å²) in [5.41, 5.74) is 0.205. The summed E-state index contributed by atoms with van der Waals surface area (Å²) in [7, 11) is 2.11. The van der Waals surface area contributed by atoms with Gasteiger partial charge in [0.05, 0.1) is 5.60 Å². The first-order chi connectivity index (χ1) is 9.53. The molecule has 0 aliphatic carbocycles. The second-order valence-electron chi connectivity index (χ2n) is 6.26. The zero-order valence-electron chi connectivity index (χ0n) is 13.0. The first-order valence-corrected chi connectivity index (χ1v) is 7.73. The Balaban J connectivity index is 1.92. The molecule has 0 radical (unpaired) electrons. The fourth-order valence-electron chi connectivity index (χ4n) is 3.36. The van der Waals surface area contributed by atoms with Crippen LogP contribution in [0.3, 0.4) is 0 Å². The number of rotatable bonds is 6. The molecule has 0 bridgehead atoms. The Kier molecular flexibility index (Phi) is 5.19. The van der Waals surface area contributed by atoms with Crippen LogP contribution in [0.2, 0.25) is 0 Å². The van der Waals surface area contributed by atoms with E-state index >= 15 is 0 Å². The summed E-state index contributed by atoms with van der Waals surface area (Å²) in [6.07, 6.45) is 2.59. The van der Waals surface area contributed by atoms with Crippen molar-refractivity contribution in [3.05, 3.63) is 35.9 Å². The number of likely N-dealkylation sites (N-methyl/N-ethyl adjacent to an activating group) is 2. The van der Waals surface area contributed by atoms with Crippen LogP contribution in [0.4, 0.5) is 0 Å². The van der Waals surface area contributed by atoms with Crippen LogP contribution in [0.5, 0.6) is 0 Å². The maximum Gasteiger partial charge on any atom is 0.0994 e. The van der Waals surface area contributed by atoms with Crippen LogP contribution < -0.4 is 0 Å². The first kappa shape index (κ1) is 15.5. The van der Waals surface area contributed by atoms with E-state index in [-0.39, 0.29) is 0 Å². The number of nitrogens with zero attached hydrogens (tertiary/aromatic N) is 2. The van der Waals surface area contributed by atoms with Crippen LogP contribution in [-0.2, 0) is 5.60 Å². The largest absolute Gasteiger partial charge is 0.384 e. The van der Waals surface area contributed by atoms with Gasteiger partial charge in [-0.3, -0.25) is 4.90 Å². The van der Waals surface area contributed by atoms with E-state index in [9.17, 15) is 5.11 Å². The molecule has 1 heterocycles. The van der Waals surface area contributed by atoms with Gasteiger partial charge >= 0.3 is 0 Å². The minimum Gasteiger partial charge on any atom is -0.384 e. The Bertz CT molecular complexity index is 405. The molecule has 1 saturated heterocycles. The highest BCUT2D eigenvalue weighted by Gasteiger charge is 2.28. The highest BCUT2D eigenvalue weighted by molar-refractivity contribution is 5.21. The van der Waals surface area contributed by atoms with Crippen molar-refractivity contribution in [2.24, 2.45) is 0 Å². The molecule has 0 amide bonds. The fourth-order valence-corrected chi connectivity index (χ4v) is 3.36. The third kappa shape index (κ3) is 3.81. The zero-order chi connectivity index (χ0) is 14.6. The molecule has 1 aromatic rings. The maximum atomic E-state index is 10.7. The van der Waals surface area contributed by atoms with Gasteiger partial charge in [-0.2, -0.15) is 0 Å². The van der Waals surface area contributed by atoms with Gasteiger partial charge in [0.25, 0.3) is 0 Å². The van der Waals surface area contributed by atoms with Gasteiger partial charge in [-0.05, 0) is 45.5 Å². The Morgan fingerprint density at radius 3 is 2.70 bits per heavy atom. The molecule has 1 fully saturated rings. The molecule has 2 atom stereocenters. The molecule has 1 aliphatic rings. The summed E-state index contributed by atoms with van der Waals surface area (Å²) in [5.74, 6) is 0. The fraction of sp³-hybridized carbons (Fsp3) is 0.647. The van der Waals surface area contributed by atoms with Crippen molar-refractivity contribution in [2.75, 3.05) is 33.2 Å². The topological polar surface area (TPSA) is 26.7 Å². The lowest BCUT2D eigenvalue weighted by atomic mass is 9.95. The van der Waals surface area contributed by atoms with Gasteiger partial charge in [0.1, 0.15) is 0 Å². The predicted octanol–water partition coefficient (Wildman–Crippen LogP) is 2.31. The van der Waals surface area contributed by atoms with Crippen LogP contribution in [0.1, 0.15) is 32.3 Å². The lowest BCUT2D eigenvalue weighted by Gasteiger charge is -2.33. The number of benzene rings is 1. The van der Waals surface area contributed by atoms with E-state index < -0.39 is 5.60 Å². The molecular weight excluding hydrogens is 248 g/mol. The Morgan fingerprint density at radius 1 is 1.35 bits per heavy atom. The summed E-state index contributed by atoms with van der Waals surface area (Å²) in [5, 5.41) is 10.7. The second kappa shape index (κ2) is 6.70. The van der Waals surface area contributed by atoms with Gasteiger partial charge in [-0.1, -0.05) is 37.3 Å². The molecule has 2 unspecified atom stereocenters. The number of hydrogen-bond donors (Lipinski definition) is 1. The summed E-state index contributed by atoms with van der Waals surface area (Å²) >= 11 is 0. The van der Waals surface area contributed by atoms with Crippen molar-refractivity contribution in [2.45, 2.75) is 38.3 Å². The third-order valence-corrected chi connectivity index (χ3v) is 4.40. The Morgan fingerprint density at radius 2 is 2.05 bits per heavy atom. The van der Waals surface area contributed by atoms with Crippen molar-refractivity contribution >= 4 is 0 Å². The monoisotopic (exact) mass is 276 g/mol.